The Kier molecular flexibility index (Phi) is 3.79. The lowest BCUT2D eigenvalue weighted by Crippen LogP contribution is -2.33. The summed E-state index contributed by atoms with van der Waals surface area (Å²) in [6.45, 7) is 4.76. The number of ether oxygens (including phenoxy) is 2. The van der Waals surface area contributed by atoms with Gasteiger partial charge in [0, 0.05) is 43.6 Å². The summed E-state index contributed by atoms with van der Waals surface area (Å²) in [6.07, 6.45) is 4.84. The summed E-state index contributed by atoms with van der Waals surface area (Å²) < 4.78 is 11.2. The molecule has 2 aliphatic heterocycles. The van der Waals surface area contributed by atoms with Crippen molar-refractivity contribution in [2.45, 2.75) is 11.8 Å². The highest BCUT2D eigenvalue weighted by Crippen LogP contribution is 2.46. The number of likely N-dealkylation sites (tertiary alicyclic amines) is 1. The molecule has 0 saturated carbocycles. The maximum absolute atomic E-state index is 6.01. The Morgan fingerprint density at radius 3 is 2.91 bits per heavy atom. The Labute approximate surface area is 137 Å². The third kappa shape index (κ3) is 2.62. The second-order valence-corrected chi connectivity index (χ2v) is 6.53. The Morgan fingerprint density at radius 1 is 1.22 bits per heavy atom. The van der Waals surface area contributed by atoms with E-state index in [1.54, 1.807) is 7.11 Å². The number of fused-ring (bicyclic) bond motifs is 2. The van der Waals surface area contributed by atoms with Gasteiger partial charge < -0.3 is 9.47 Å². The van der Waals surface area contributed by atoms with Gasteiger partial charge in [-0.3, -0.25) is 9.88 Å². The molecule has 0 aliphatic carbocycles. The van der Waals surface area contributed by atoms with Crippen LogP contribution in [-0.2, 0) is 10.2 Å². The highest BCUT2D eigenvalue weighted by Gasteiger charge is 2.45. The minimum atomic E-state index is 0.145. The first-order chi connectivity index (χ1) is 11.3. The van der Waals surface area contributed by atoms with Gasteiger partial charge in [-0.2, -0.15) is 0 Å². The van der Waals surface area contributed by atoms with Gasteiger partial charge in [-0.1, -0.05) is 6.07 Å². The fourth-order valence-electron chi connectivity index (χ4n) is 3.80. The zero-order valence-electron chi connectivity index (χ0n) is 13.5. The summed E-state index contributed by atoms with van der Waals surface area (Å²) in [5, 5.41) is 0. The molecule has 3 heterocycles. The molecule has 1 aromatic carbocycles. The van der Waals surface area contributed by atoms with Crippen molar-refractivity contribution >= 4 is 0 Å². The van der Waals surface area contributed by atoms with Crippen LogP contribution in [0.25, 0.3) is 11.1 Å². The quantitative estimate of drug-likeness (QED) is 0.870. The Bertz CT molecular complexity index is 689. The molecule has 2 aromatic rings. The average molecular weight is 310 g/mol. The first-order valence-corrected chi connectivity index (χ1v) is 8.20. The van der Waals surface area contributed by atoms with Crippen LogP contribution < -0.4 is 4.74 Å². The van der Waals surface area contributed by atoms with Gasteiger partial charge in [-0.05, 0) is 48.4 Å². The maximum atomic E-state index is 6.01. The second kappa shape index (κ2) is 5.95. The first-order valence-electron chi connectivity index (χ1n) is 8.20. The van der Waals surface area contributed by atoms with E-state index in [4.69, 9.17) is 9.47 Å². The van der Waals surface area contributed by atoms with Crippen LogP contribution in [0.15, 0.2) is 42.7 Å². The number of aromatic nitrogens is 1. The summed E-state index contributed by atoms with van der Waals surface area (Å²) in [5.74, 6) is 1.05. The van der Waals surface area contributed by atoms with Gasteiger partial charge in [0.25, 0.3) is 0 Å². The zero-order valence-corrected chi connectivity index (χ0v) is 13.5. The van der Waals surface area contributed by atoms with E-state index in [-0.39, 0.29) is 5.41 Å². The lowest BCUT2D eigenvalue weighted by atomic mass is 9.80. The lowest BCUT2D eigenvalue weighted by molar-refractivity contribution is 0.155. The molecule has 0 amide bonds. The Balaban J connectivity index is 1.63. The van der Waals surface area contributed by atoms with Crippen LogP contribution in [0, 0.1) is 0 Å². The molecule has 0 N–H and O–H groups in total. The van der Waals surface area contributed by atoms with Crippen LogP contribution in [0.2, 0.25) is 0 Å². The van der Waals surface area contributed by atoms with E-state index in [0.717, 1.165) is 45.0 Å². The van der Waals surface area contributed by atoms with Crippen LogP contribution in [0.1, 0.15) is 12.0 Å². The summed E-state index contributed by atoms with van der Waals surface area (Å²) in [4.78, 5) is 6.60. The minimum absolute atomic E-state index is 0.145. The van der Waals surface area contributed by atoms with Crippen molar-refractivity contribution in [1.29, 1.82) is 0 Å². The highest BCUT2D eigenvalue weighted by molar-refractivity contribution is 5.66. The molecule has 23 heavy (non-hydrogen) atoms. The predicted octanol–water partition coefficient (Wildman–Crippen LogP) is 2.73. The molecule has 1 saturated heterocycles. The topological polar surface area (TPSA) is 34.6 Å². The van der Waals surface area contributed by atoms with Crippen molar-refractivity contribution in [3.8, 4) is 16.9 Å². The fraction of sp³-hybridized carbons (Fsp3) is 0.421. The van der Waals surface area contributed by atoms with Crippen molar-refractivity contribution in [2.24, 2.45) is 0 Å². The summed E-state index contributed by atoms with van der Waals surface area (Å²) in [6, 6.07) is 10.7. The molecule has 0 bridgehead atoms. The van der Waals surface area contributed by atoms with E-state index >= 15 is 0 Å². The molecule has 4 heteroatoms. The molecular weight excluding hydrogens is 288 g/mol. The van der Waals surface area contributed by atoms with E-state index in [2.05, 4.69) is 40.2 Å². The number of benzene rings is 1. The monoisotopic (exact) mass is 310 g/mol. The maximum Gasteiger partial charge on any atom is 0.123 e. The summed E-state index contributed by atoms with van der Waals surface area (Å²) >= 11 is 0. The zero-order chi connectivity index (χ0) is 15.7. The Hall–Kier alpha value is -1.91. The van der Waals surface area contributed by atoms with Crippen LogP contribution in [0.5, 0.6) is 5.75 Å². The molecule has 4 rings (SSSR count). The molecule has 1 aromatic heterocycles. The van der Waals surface area contributed by atoms with Crippen molar-refractivity contribution in [3.63, 3.8) is 0 Å². The largest absolute Gasteiger partial charge is 0.492 e. The lowest BCUT2D eigenvalue weighted by Gasteiger charge is -2.23. The average Bonchev–Trinajstić information content (AvgIpc) is 3.19. The minimum Gasteiger partial charge on any atom is -0.492 e. The molecular formula is C19H22N2O2. The molecule has 120 valence electrons. The molecule has 1 atom stereocenters. The van der Waals surface area contributed by atoms with Crippen molar-refractivity contribution in [3.05, 3.63) is 48.3 Å². The number of pyridine rings is 1. The van der Waals surface area contributed by atoms with Gasteiger partial charge in [0.2, 0.25) is 0 Å². The van der Waals surface area contributed by atoms with E-state index in [1.165, 1.54) is 16.7 Å². The van der Waals surface area contributed by atoms with Crippen molar-refractivity contribution in [1.82, 2.24) is 9.88 Å². The van der Waals surface area contributed by atoms with Crippen molar-refractivity contribution in [2.75, 3.05) is 40.0 Å². The van der Waals surface area contributed by atoms with E-state index < -0.39 is 0 Å². The van der Waals surface area contributed by atoms with Crippen molar-refractivity contribution < 1.29 is 9.47 Å². The first kappa shape index (κ1) is 14.7. The number of methoxy groups -OCH3 is 1. The highest BCUT2D eigenvalue weighted by atomic mass is 16.5. The number of hydrogen-bond donors (Lipinski definition) is 0. The Morgan fingerprint density at radius 2 is 2.09 bits per heavy atom. The molecule has 1 fully saturated rings. The normalized spacial score (nSPS) is 23.2. The van der Waals surface area contributed by atoms with E-state index in [0.29, 0.717) is 0 Å². The molecule has 0 radical (unpaired) electrons. The van der Waals surface area contributed by atoms with Crippen LogP contribution in [0.3, 0.4) is 0 Å². The SMILES string of the molecule is COCCN1CCC2(COc3ccc(-c4ccncc4)cc32)C1. The van der Waals surface area contributed by atoms with Gasteiger partial charge in [-0.25, -0.2) is 0 Å². The molecule has 2 aliphatic rings. The number of hydrogen-bond acceptors (Lipinski definition) is 4. The third-order valence-corrected chi connectivity index (χ3v) is 5.11. The van der Waals surface area contributed by atoms with Gasteiger partial charge in [-0.15, -0.1) is 0 Å². The van der Waals surface area contributed by atoms with Gasteiger partial charge in [0.05, 0.1) is 13.2 Å². The van der Waals surface area contributed by atoms with E-state index in [9.17, 15) is 0 Å². The fourth-order valence-corrected chi connectivity index (χ4v) is 3.80. The van der Waals surface area contributed by atoms with Crippen LogP contribution >= 0.6 is 0 Å². The standard InChI is InChI=1S/C19H22N2O2/c1-22-11-10-21-9-6-19(13-21)14-23-18-3-2-16(12-17(18)19)15-4-7-20-8-5-15/h2-5,7-8,12H,6,9-11,13-14H2,1H3. The summed E-state index contributed by atoms with van der Waals surface area (Å²) in [5.41, 5.74) is 3.96. The summed E-state index contributed by atoms with van der Waals surface area (Å²) in [7, 11) is 1.76. The van der Waals surface area contributed by atoms with Gasteiger partial charge in [0.1, 0.15) is 5.75 Å². The van der Waals surface area contributed by atoms with Crippen LogP contribution in [0.4, 0.5) is 0 Å². The van der Waals surface area contributed by atoms with Gasteiger partial charge in [0.15, 0.2) is 0 Å². The molecule has 1 spiro atoms. The second-order valence-electron chi connectivity index (χ2n) is 6.53. The van der Waals surface area contributed by atoms with E-state index in [1.807, 2.05) is 12.4 Å². The smallest absolute Gasteiger partial charge is 0.123 e. The predicted molar refractivity (Wildman–Crippen MR) is 89.8 cm³/mol. The number of rotatable bonds is 4. The molecule has 1 unspecified atom stereocenters. The molecule has 4 nitrogen and oxygen atoms in total. The number of nitrogens with zero attached hydrogens (tertiary/aromatic N) is 2. The van der Waals surface area contributed by atoms with Gasteiger partial charge >= 0.3 is 0 Å². The van der Waals surface area contributed by atoms with Crippen LogP contribution in [-0.4, -0.2) is 49.8 Å². The third-order valence-electron chi connectivity index (χ3n) is 5.11.